The molecule has 0 fully saturated rings. The van der Waals surface area contributed by atoms with Crippen molar-refractivity contribution in [3.05, 3.63) is 42.5 Å². The van der Waals surface area contributed by atoms with Crippen LogP contribution in [0.3, 0.4) is 0 Å². The molecule has 0 aliphatic carbocycles. The second kappa shape index (κ2) is 8.55. The summed E-state index contributed by atoms with van der Waals surface area (Å²) in [7, 11) is 0. The lowest BCUT2D eigenvalue weighted by Gasteiger charge is -2.14. The predicted octanol–water partition coefficient (Wildman–Crippen LogP) is 2.99. The minimum atomic E-state index is -0.426. The summed E-state index contributed by atoms with van der Waals surface area (Å²) < 4.78 is 8.04. The quantitative estimate of drug-likeness (QED) is 0.345. The van der Waals surface area contributed by atoms with Gasteiger partial charge in [-0.05, 0) is 44.3 Å². The molecule has 0 bridgehead atoms. The highest BCUT2D eigenvalue weighted by atomic mass is 32.2. The molecule has 0 saturated heterocycles. The normalized spacial score (nSPS) is 11.7. The van der Waals surface area contributed by atoms with Crippen LogP contribution in [-0.4, -0.2) is 24.4 Å². The Hall–Kier alpha value is -1.59. The zero-order valence-electron chi connectivity index (χ0n) is 11.7. The van der Waals surface area contributed by atoms with Crippen LogP contribution in [0.5, 0.6) is 0 Å². The number of hydrogen-bond acceptors (Lipinski definition) is 5. The van der Waals surface area contributed by atoms with Gasteiger partial charge >= 0.3 is 5.97 Å². The van der Waals surface area contributed by atoms with Crippen LogP contribution >= 0.6 is 11.9 Å². The molecule has 0 aliphatic rings. The topological polar surface area (TPSA) is 55.4 Å². The summed E-state index contributed by atoms with van der Waals surface area (Å²) in [6.07, 6.45) is 2.17. The summed E-state index contributed by atoms with van der Waals surface area (Å²) in [5.41, 5.74) is 0.669. The smallest absolute Gasteiger partial charge is 0.324 e. The Morgan fingerprint density at radius 2 is 2.05 bits per heavy atom. The number of Topliss-reactive ketones (excluding diaryl/α,β-unsaturated/α-hetero) is 1. The molecule has 1 rings (SSSR count). The molecule has 1 aromatic rings. The molecular weight excluding hydrogens is 274 g/mol. The minimum Gasteiger partial charge on any atom is -0.465 e. The number of esters is 1. The Kier molecular flexibility index (Phi) is 7.04. The van der Waals surface area contributed by atoms with Crippen LogP contribution in [0, 0.1) is 0 Å². The van der Waals surface area contributed by atoms with Crippen LogP contribution in [0.4, 0.5) is 0 Å². The first-order chi connectivity index (χ1) is 9.58. The number of rotatable bonds is 8. The molecule has 0 radical (unpaired) electrons. The molecule has 0 aliphatic heterocycles. The molecule has 0 saturated carbocycles. The monoisotopic (exact) mass is 293 g/mol. The van der Waals surface area contributed by atoms with Crippen LogP contribution in [0.1, 0.15) is 30.6 Å². The lowest BCUT2D eigenvalue weighted by molar-refractivity contribution is -0.144. The van der Waals surface area contributed by atoms with Crippen molar-refractivity contribution in [2.45, 2.75) is 31.2 Å². The zero-order valence-corrected chi connectivity index (χ0v) is 12.5. The summed E-state index contributed by atoms with van der Waals surface area (Å²) >= 11 is 1.33. The molecule has 1 atom stereocenters. The van der Waals surface area contributed by atoms with Crippen molar-refractivity contribution in [1.82, 2.24) is 4.72 Å². The predicted molar refractivity (Wildman–Crippen MR) is 80.7 cm³/mol. The van der Waals surface area contributed by atoms with Gasteiger partial charge in [-0.2, -0.15) is 0 Å². The summed E-state index contributed by atoms with van der Waals surface area (Å²) in [6, 6.07) is 6.78. The van der Waals surface area contributed by atoms with Gasteiger partial charge < -0.3 is 4.74 Å². The van der Waals surface area contributed by atoms with E-state index in [1.54, 1.807) is 25.1 Å². The van der Waals surface area contributed by atoms with Crippen LogP contribution in [0.25, 0.3) is 0 Å². The molecule has 0 amide bonds. The van der Waals surface area contributed by atoms with E-state index in [0.29, 0.717) is 18.6 Å². The van der Waals surface area contributed by atoms with Crippen LogP contribution in [0.2, 0.25) is 0 Å². The molecular formula is C15H19NO3S. The van der Waals surface area contributed by atoms with E-state index in [-0.39, 0.29) is 11.8 Å². The second-order valence-corrected chi connectivity index (χ2v) is 5.04. The molecule has 4 nitrogen and oxygen atoms in total. The summed E-state index contributed by atoms with van der Waals surface area (Å²) in [5.74, 6) is -0.258. The van der Waals surface area contributed by atoms with Crippen molar-refractivity contribution < 1.29 is 14.3 Å². The van der Waals surface area contributed by atoms with Gasteiger partial charge in [0.15, 0.2) is 5.78 Å². The molecule has 1 N–H and O–H groups in total. The van der Waals surface area contributed by atoms with Crippen molar-refractivity contribution in [3.8, 4) is 0 Å². The van der Waals surface area contributed by atoms with Crippen molar-refractivity contribution in [2.75, 3.05) is 6.61 Å². The molecule has 0 heterocycles. The summed E-state index contributed by atoms with van der Waals surface area (Å²) in [6.45, 7) is 7.29. The van der Waals surface area contributed by atoms with Crippen LogP contribution in [0.15, 0.2) is 41.8 Å². The van der Waals surface area contributed by atoms with Gasteiger partial charge in [-0.15, -0.1) is 6.58 Å². The third-order valence-electron chi connectivity index (χ3n) is 2.55. The maximum Gasteiger partial charge on any atom is 0.324 e. The van der Waals surface area contributed by atoms with E-state index in [9.17, 15) is 9.59 Å². The van der Waals surface area contributed by atoms with Gasteiger partial charge in [0.05, 0.1) is 6.61 Å². The van der Waals surface area contributed by atoms with Gasteiger partial charge in [0.1, 0.15) is 6.04 Å². The average molecular weight is 293 g/mol. The van der Waals surface area contributed by atoms with E-state index < -0.39 is 6.04 Å². The molecule has 20 heavy (non-hydrogen) atoms. The van der Waals surface area contributed by atoms with Gasteiger partial charge in [0.2, 0.25) is 0 Å². The highest BCUT2D eigenvalue weighted by Gasteiger charge is 2.17. The van der Waals surface area contributed by atoms with E-state index in [1.165, 1.54) is 18.9 Å². The van der Waals surface area contributed by atoms with E-state index in [4.69, 9.17) is 4.74 Å². The van der Waals surface area contributed by atoms with Crippen LogP contribution < -0.4 is 4.72 Å². The molecule has 0 spiro atoms. The number of carbonyl (C=O) groups is 2. The van der Waals surface area contributed by atoms with Crippen LogP contribution in [-0.2, 0) is 9.53 Å². The Labute approximate surface area is 123 Å². The third-order valence-corrected chi connectivity index (χ3v) is 3.46. The zero-order chi connectivity index (χ0) is 15.0. The Morgan fingerprint density at radius 3 is 2.55 bits per heavy atom. The fraction of sp³-hybridized carbons (Fsp3) is 0.333. The number of nitrogens with one attached hydrogen (secondary N) is 1. The maximum atomic E-state index is 11.7. The van der Waals surface area contributed by atoms with Crippen molar-refractivity contribution in [1.29, 1.82) is 0 Å². The van der Waals surface area contributed by atoms with E-state index in [1.807, 2.05) is 12.1 Å². The minimum absolute atomic E-state index is 0.0329. The van der Waals surface area contributed by atoms with Gasteiger partial charge in [0.25, 0.3) is 0 Å². The molecule has 108 valence electrons. The first-order valence-corrected chi connectivity index (χ1v) is 7.21. The van der Waals surface area contributed by atoms with Crippen molar-refractivity contribution >= 4 is 23.7 Å². The first-order valence-electron chi connectivity index (χ1n) is 6.39. The first kappa shape index (κ1) is 16.5. The third kappa shape index (κ3) is 5.19. The number of carbonyl (C=O) groups excluding carboxylic acids is 2. The van der Waals surface area contributed by atoms with Gasteiger partial charge in [-0.3, -0.25) is 9.59 Å². The molecule has 1 aromatic carbocycles. The van der Waals surface area contributed by atoms with Gasteiger partial charge in [-0.1, -0.05) is 18.2 Å². The number of benzene rings is 1. The Bertz CT molecular complexity index is 471. The highest BCUT2D eigenvalue weighted by Crippen LogP contribution is 2.17. The van der Waals surface area contributed by atoms with Gasteiger partial charge in [0, 0.05) is 10.5 Å². The maximum absolute atomic E-state index is 11.7. The van der Waals surface area contributed by atoms with Gasteiger partial charge in [-0.25, -0.2) is 4.72 Å². The van der Waals surface area contributed by atoms with E-state index in [0.717, 1.165) is 4.90 Å². The fourth-order valence-corrected chi connectivity index (χ4v) is 2.24. The molecule has 1 unspecified atom stereocenters. The Balaban J connectivity index is 2.60. The fourth-order valence-electron chi connectivity index (χ4n) is 1.50. The lowest BCUT2D eigenvalue weighted by atomic mass is 10.2. The molecule has 5 heteroatoms. The lowest BCUT2D eigenvalue weighted by Crippen LogP contribution is -2.33. The average Bonchev–Trinajstić information content (AvgIpc) is 2.44. The van der Waals surface area contributed by atoms with Crippen molar-refractivity contribution in [2.24, 2.45) is 0 Å². The summed E-state index contributed by atoms with van der Waals surface area (Å²) in [4.78, 5) is 23.8. The highest BCUT2D eigenvalue weighted by molar-refractivity contribution is 7.97. The Morgan fingerprint density at radius 1 is 1.40 bits per heavy atom. The number of ketones is 1. The van der Waals surface area contributed by atoms with Crippen molar-refractivity contribution in [3.63, 3.8) is 0 Å². The largest absolute Gasteiger partial charge is 0.465 e. The summed E-state index contributed by atoms with van der Waals surface area (Å²) in [5, 5.41) is 0. The number of hydrogen-bond donors (Lipinski definition) is 1. The molecule has 0 aromatic heterocycles. The van der Waals surface area contributed by atoms with E-state index in [2.05, 4.69) is 11.3 Å². The standard InChI is InChI=1S/C15H19NO3S/c1-4-6-14(15(18)19-5-2)16-20-13-9-7-12(8-10-13)11(3)17/h4,7-10,14,16H,1,5-6H2,2-3H3. The van der Waals surface area contributed by atoms with E-state index >= 15 is 0 Å². The number of ether oxygens (including phenoxy) is 1. The second-order valence-electron chi connectivity index (χ2n) is 4.13. The SMILES string of the molecule is C=CCC(NSc1ccc(C(C)=O)cc1)C(=O)OCC.